The zero-order valence-corrected chi connectivity index (χ0v) is 25.5. The van der Waals surface area contributed by atoms with Gasteiger partial charge in [0.15, 0.2) is 0 Å². The molecule has 0 aliphatic rings. The molecular weight excluding hydrogens is 580 g/mol. The van der Waals surface area contributed by atoms with Crippen molar-refractivity contribution in [2.45, 2.75) is 26.7 Å². The van der Waals surface area contributed by atoms with Crippen LogP contribution in [0.5, 0.6) is 11.5 Å². The number of pyridine rings is 4. The Kier molecular flexibility index (Phi) is 9.05. The van der Waals surface area contributed by atoms with E-state index in [0.717, 1.165) is 23.6 Å². The van der Waals surface area contributed by atoms with Gasteiger partial charge in [-0.3, -0.25) is 9.59 Å². The molecular formula is C36H32N6O4. The molecule has 0 aliphatic carbocycles. The van der Waals surface area contributed by atoms with Crippen LogP contribution in [0, 0.1) is 0 Å². The fourth-order valence-corrected chi connectivity index (χ4v) is 4.85. The lowest BCUT2D eigenvalue weighted by molar-refractivity contribution is 0.101. The molecule has 6 rings (SSSR count). The summed E-state index contributed by atoms with van der Waals surface area (Å²) in [7, 11) is 0. The number of ether oxygens (including phenoxy) is 2. The first kappa shape index (κ1) is 30.1. The number of para-hydroxylation sites is 2. The number of hydrogen-bond donors (Lipinski definition) is 2. The number of benzene rings is 2. The number of nitrogens with zero attached hydrogens (tertiary/aromatic N) is 4. The van der Waals surface area contributed by atoms with Crippen molar-refractivity contribution >= 4 is 45.3 Å². The molecule has 0 saturated carbocycles. The second kappa shape index (κ2) is 13.8. The number of carbonyl (C=O) groups is 2. The molecule has 0 spiro atoms. The molecule has 2 aromatic carbocycles. The zero-order valence-electron chi connectivity index (χ0n) is 25.5. The van der Waals surface area contributed by atoms with Gasteiger partial charge in [-0.1, -0.05) is 50.2 Å². The second-order valence-electron chi connectivity index (χ2n) is 10.5. The van der Waals surface area contributed by atoms with E-state index in [0.29, 0.717) is 58.8 Å². The molecule has 4 aromatic heterocycles. The second-order valence-corrected chi connectivity index (χ2v) is 10.5. The third kappa shape index (κ3) is 6.76. The Hall–Kier alpha value is -5.90. The molecule has 2 amide bonds. The minimum absolute atomic E-state index is 0.167. The maximum Gasteiger partial charge on any atom is 0.275 e. The number of anilines is 2. The Morgan fingerprint density at radius 1 is 0.565 bits per heavy atom. The highest BCUT2D eigenvalue weighted by Crippen LogP contribution is 2.29. The molecule has 6 aromatic rings. The maximum absolute atomic E-state index is 13.3. The molecule has 0 saturated heterocycles. The van der Waals surface area contributed by atoms with Crippen molar-refractivity contribution in [2.75, 3.05) is 23.8 Å². The standard InChI is InChI=1S/C36H32N6O4/c1-3-19-45-31-21-33(39-25-13-7-5-11-23(25)31)41-35(43)29-17-9-15-27(37-29)28-16-10-18-30(38-28)36(44)42-34-22-32(46-20-4-2)24-12-6-8-14-26(24)40-34/h5-18,21-22H,3-4,19-20H2,1-2H3,(H,39,41,43)(H,40,42,44). The largest absolute Gasteiger partial charge is 0.493 e. The summed E-state index contributed by atoms with van der Waals surface area (Å²) in [6.45, 7) is 5.15. The van der Waals surface area contributed by atoms with Crippen LogP contribution in [-0.4, -0.2) is 45.0 Å². The Morgan fingerprint density at radius 3 is 1.43 bits per heavy atom. The highest BCUT2D eigenvalue weighted by atomic mass is 16.5. The third-order valence-electron chi connectivity index (χ3n) is 6.99. The van der Waals surface area contributed by atoms with Crippen molar-refractivity contribution < 1.29 is 19.1 Å². The molecule has 46 heavy (non-hydrogen) atoms. The first-order valence-corrected chi connectivity index (χ1v) is 15.1. The van der Waals surface area contributed by atoms with Gasteiger partial charge >= 0.3 is 0 Å². The van der Waals surface area contributed by atoms with Crippen molar-refractivity contribution in [1.82, 2.24) is 19.9 Å². The SMILES string of the molecule is CCCOc1cc(NC(=O)c2cccc(-c3cccc(C(=O)Nc4cc(OCCC)c5ccccc5n4)n3)n2)nc2ccccc12. The molecule has 0 atom stereocenters. The van der Waals surface area contributed by atoms with Crippen LogP contribution in [0.2, 0.25) is 0 Å². The number of amides is 2. The molecule has 0 aliphatic heterocycles. The number of aromatic nitrogens is 4. The fraction of sp³-hybridized carbons (Fsp3) is 0.167. The molecule has 230 valence electrons. The summed E-state index contributed by atoms with van der Waals surface area (Å²) in [5.74, 6) is 1.11. The average Bonchev–Trinajstić information content (AvgIpc) is 3.09. The quantitative estimate of drug-likeness (QED) is 0.156. The maximum atomic E-state index is 13.3. The molecule has 0 fully saturated rings. The smallest absolute Gasteiger partial charge is 0.275 e. The fourth-order valence-electron chi connectivity index (χ4n) is 4.85. The molecule has 0 bridgehead atoms. The van der Waals surface area contributed by atoms with Crippen LogP contribution in [0.25, 0.3) is 33.2 Å². The summed E-state index contributed by atoms with van der Waals surface area (Å²) in [5, 5.41) is 7.41. The van der Waals surface area contributed by atoms with Crippen LogP contribution in [0.15, 0.2) is 97.1 Å². The van der Waals surface area contributed by atoms with Gasteiger partial charge < -0.3 is 20.1 Å². The van der Waals surface area contributed by atoms with Gasteiger partial charge in [-0.25, -0.2) is 19.9 Å². The van der Waals surface area contributed by atoms with Crippen LogP contribution in [0.4, 0.5) is 11.6 Å². The van der Waals surface area contributed by atoms with E-state index >= 15 is 0 Å². The van der Waals surface area contributed by atoms with E-state index in [9.17, 15) is 9.59 Å². The summed E-state index contributed by atoms with van der Waals surface area (Å²) in [6, 6.07) is 28.7. The van der Waals surface area contributed by atoms with Gasteiger partial charge in [-0.2, -0.15) is 0 Å². The predicted octanol–water partition coefficient (Wildman–Crippen LogP) is 7.32. The lowest BCUT2D eigenvalue weighted by Gasteiger charge is -2.12. The molecule has 2 N–H and O–H groups in total. The normalized spacial score (nSPS) is 10.9. The summed E-state index contributed by atoms with van der Waals surface area (Å²) in [6.07, 6.45) is 1.70. The van der Waals surface area contributed by atoms with Crippen molar-refractivity contribution in [3.05, 3.63) is 108 Å². The Labute approximate surface area is 265 Å². The van der Waals surface area contributed by atoms with Gasteiger partial charge in [0.1, 0.15) is 34.5 Å². The first-order valence-electron chi connectivity index (χ1n) is 15.1. The molecule has 4 heterocycles. The van der Waals surface area contributed by atoms with Crippen LogP contribution < -0.4 is 20.1 Å². The van der Waals surface area contributed by atoms with Gasteiger partial charge in [0, 0.05) is 22.9 Å². The van der Waals surface area contributed by atoms with Crippen LogP contribution in [-0.2, 0) is 0 Å². The minimum atomic E-state index is -0.441. The summed E-state index contributed by atoms with van der Waals surface area (Å²) < 4.78 is 11.8. The highest BCUT2D eigenvalue weighted by Gasteiger charge is 2.16. The summed E-state index contributed by atoms with van der Waals surface area (Å²) >= 11 is 0. The number of fused-ring (bicyclic) bond motifs is 2. The summed E-state index contributed by atoms with van der Waals surface area (Å²) in [5.41, 5.74) is 2.60. The molecule has 10 heteroatoms. The van der Waals surface area contributed by atoms with E-state index in [1.54, 1.807) is 48.5 Å². The van der Waals surface area contributed by atoms with E-state index in [4.69, 9.17) is 9.47 Å². The van der Waals surface area contributed by atoms with Crippen LogP contribution >= 0.6 is 0 Å². The summed E-state index contributed by atoms with van der Waals surface area (Å²) in [4.78, 5) is 44.8. The highest BCUT2D eigenvalue weighted by molar-refractivity contribution is 6.04. The number of hydrogen-bond acceptors (Lipinski definition) is 8. The molecule has 0 unspecified atom stereocenters. The first-order chi connectivity index (χ1) is 22.5. The number of carbonyl (C=O) groups excluding carboxylic acids is 2. The molecule has 10 nitrogen and oxygen atoms in total. The van der Waals surface area contributed by atoms with E-state index in [2.05, 4.69) is 30.6 Å². The van der Waals surface area contributed by atoms with Crippen molar-refractivity contribution in [3.8, 4) is 22.9 Å². The average molecular weight is 613 g/mol. The molecule has 0 radical (unpaired) electrons. The Bertz CT molecular complexity index is 1900. The van der Waals surface area contributed by atoms with Gasteiger partial charge in [-0.05, 0) is 61.4 Å². The van der Waals surface area contributed by atoms with Gasteiger partial charge in [0.25, 0.3) is 11.8 Å². The van der Waals surface area contributed by atoms with Crippen molar-refractivity contribution in [2.24, 2.45) is 0 Å². The topological polar surface area (TPSA) is 128 Å². The van der Waals surface area contributed by atoms with Gasteiger partial charge in [0.05, 0.1) is 35.6 Å². The van der Waals surface area contributed by atoms with Crippen molar-refractivity contribution in [3.63, 3.8) is 0 Å². The predicted molar refractivity (Wildman–Crippen MR) is 178 cm³/mol. The zero-order chi connectivity index (χ0) is 31.9. The Balaban J connectivity index is 1.21. The van der Waals surface area contributed by atoms with E-state index < -0.39 is 11.8 Å². The van der Waals surface area contributed by atoms with E-state index in [-0.39, 0.29) is 11.4 Å². The Morgan fingerprint density at radius 2 is 1.00 bits per heavy atom. The lowest BCUT2D eigenvalue weighted by atomic mass is 10.2. The third-order valence-corrected chi connectivity index (χ3v) is 6.99. The van der Waals surface area contributed by atoms with Crippen LogP contribution in [0.3, 0.4) is 0 Å². The van der Waals surface area contributed by atoms with E-state index in [1.165, 1.54) is 0 Å². The van der Waals surface area contributed by atoms with E-state index in [1.807, 2.05) is 62.4 Å². The number of nitrogens with one attached hydrogen (secondary N) is 2. The monoisotopic (exact) mass is 612 g/mol. The minimum Gasteiger partial charge on any atom is -0.493 e. The van der Waals surface area contributed by atoms with Crippen LogP contribution in [0.1, 0.15) is 47.7 Å². The lowest BCUT2D eigenvalue weighted by Crippen LogP contribution is -2.16. The van der Waals surface area contributed by atoms with Gasteiger partial charge in [-0.15, -0.1) is 0 Å². The van der Waals surface area contributed by atoms with Crippen molar-refractivity contribution in [1.29, 1.82) is 0 Å². The number of rotatable bonds is 11. The van der Waals surface area contributed by atoms with Gasteiger partial charge in [0.2, 0.25) is 0 Å².